The van der Waals surface area contributed by atoms with E-state index in [1.54, 1.807) is 6.92 Å². The number of hydrogen-bond donors (Lipinski definition) is 2. The van der Waals surface area contributed by atoms with E-state index in [-0.39, 0.29) is 5.56 Å². The zero-order valence-corrected chi connectivity index (χ0v) is 14.3. The number of aromatic amines is 1. The highest BCUT2D eigenvalue weighted by molar-refractivity contribution is 5.99. The van der Waals surface area contributed by atoms with E-state index in [1.165, 1.54) is 43.7 Å². The van der Waals surface area contributed by atoms with Gasteiger partial charge in [-0.25, -0.2) is 10.4 Å². The van der Waals surface area contributed by atoms with Crippen LogP contribution in [0.5, 0.6) is 0 Å². The molecule has 3 rings (SSSR count). The lowest BCUT2D eigenvalue weighted by atomic mass is 9.84. The van der Waals surface area contributed by atoms with Gasteiger partial charge in [-0.1, -0.05) is 43.5 Å². The summed E-state index contributed by atoms with van der Waals surface area (Å²) in [5.41, 5.74) is 6.65. The van der Waals surface area contributed by atoms with Gasteiger partial charge in [-0.05, 0) is 43.7 Å². The number of hydrogen-bond acceptors (Lipinski definition) is 4. The number of aryl methyl sites for hydroxylation is 1. The molecule has 1 aromatic carbocycles. The van der Waals surface area contributed by atoms with E-state index >= 15 is 0 Å². The molecule has 0 saturated heterocycles. The van der Waals surface area contributed by atoms with Crippen LogP contribution in [0.3, 0.4) is 0 Å². The summed E-state index contributed by atoms with van der Waals surface area (Å²) in [5, 5.41) is 4.32. The molecule has 1 heterocycles. The summed E-state index contributed by atoms with van der Waals surface area (Å²) in [6.07, 6.45) is 6.68. The van der Waals surface area contributed by atoms with Gasteiger partial charge < -0.3 is 0 Å². The minimum atomic E-state index is -0.185. The van der Waals surface area contributed by atoms with Crippen LogP contribution < -0.4 is 11.0 Å². The van der Waals surface area contributed by atoms with Gasteiger partial charge in [0.1, 0.15) is 0 Å². The molecule has 2 N–H and O–H groups in total. The fraction of sp³-hybridized carbons (Fsp3) is 0.421. The fourth-order valence-corrected chi connectivity index (χ4v) is 3.27. The van der Waals surface area contributed by atoms with Crippen molar-refractivity contribution in [1.29, 1.82) is 0 Å². The molecule has 5 nitrogen and oxygen atoms in total. The lowest BCUT2D eigenvalue weighted by molar-refractivity contribution is 0.443. The first-order chi connectivity index (χ1) is 11.6. The molecule has 1 saturated carbocycles. The Kier molecular flexibility index (Phi) is 5.08. The Morgan fingerprint density at radius 1 is 1.21 bits per heavy atom. The van der Waals surface area contributed by atoms with Crippen molar-refractivity contribution < 1.29 is 0 Å². The quantitative estimate of drug-likeness (QED) is 0.660. The fourth-order valence-electron chi connectivity index (χ4n) is 3.27. The van der Waals surface area contributed by atoms with Crippen molar-refractivity contribution in [3.05, 3.63) is 57.5 Å². The molecule has 1 fully saturated rings. The van der Waals surface area contributed by atoms with Gasteiger partial charge >= 0.3 is 0 Å². The minimum absolute atomic E-state index is 0.185. The lowest BCUT2D eigenvalue weighted by Gasteiger charge is -2.22. The molecule has 0 bridgehead atoms. The van der Waals surface area contributed by atoms with Gasteiger partial charge in [0.05, 0.1) is 5.71 Å². The van der Waals surface area contributed by atoms with Crippen molar-refractivity contribution in [2.45, 2.75) is 51.9 Å². The Morgan fingerprint density at radius 3 is 2.58 bits per heavy atom. The summed E-state index contributed by atoms with van der Waals surface area (Å²) < 4.78 is 0. The third-order valence-corrected chi connectivity index (χ3v) is 4.60. The molecular formula is C19H24N4O. The summed E-state index contributed by atoms with van der Waals surface area (Å²) in [5.74, 6) is 1.07. The largest absolute Gasteiger partial charge is 0.291 e. The zero-order chi connectivity index (χ0) is 16.9. The van der Waals surface area contributed by atoms with Crippen molar-refractivity contribution >= 4 is 11.7 Å². The van der Waals surface area contributed by atoms with E-state index in [9.17, 15) is 4.79 Å². The van der Waals surface area contributed by atoms with Crippen LogP contribution in [0.25, 0.3) is 0 Å². The highest BCUT2D eigenvalue weighted by atomic mass is 16.1. The highest BCUT2D eigenvalue weighted by Gasteiger charge is 2.15. The van der Waals surface area contributed by atoms with Crippen molar-refractivity contribution in [2.75, 3.05) is 5.43 Å². The number of anilines is 1. The Morgan fingerprint density at radius 2 is 1.92 bits per heavy atom. The number of hydrazone groups is 1. The molecule has 0 unspecified atom stereocenters. The Labute approximate surface area is 142 Å². The molecule has 0 aliphatic heterocycles. The van der Waals surface area contributed by atoms with E-state index in [0.717, 1.165) is 11.3 Å². The maximum absolute atomic E-state index is 11.4. The van der Waals surface area contributed by atoms with Crippen LogP contribution in [-0.2, 0) is 0 Å². The van der Waals surface area contributed by atoms with E-state index in [0.29, 0.717) is 17.6 Å². The molecule has 1 aromatic heterocycles. The van der Waals surface area contributed by atoms with Crippen LogP contribution in [0, 0.1) is 6.92 Å². The first-order valence-corrected chi connectivity index (χ1v) is 8.60. The summed E-state index contributed by atoms with van der Waals surface area (Å²) in [7, 11) is 0. The first kappa shape index (κ1) is 16.4. The van der Waals surface area contributed by atoms with Crippen LogP contribution in [0.15, 0.2) is 40.2 Å². The molecule has 0 amide bonds. The van der Waals surface area contributed by atoms with Crippen molar-refractivity contribution in [3.63, 3.8) is 0 Å². The van der Waals surface area contributed by atoms with Crippen LogP contribution in [-0.4, -0.2) is 15.7 Å². The molecule has 0 radical (unpaired) electrons. The number of nitrogens with zero attached hydrogens (tertiary/aromatic N) is 2. The van der Waals surface area contributed by atoms with Gasteiger partial charge in [-0.3, -0.25) is 9.78 Å². The highest BCUT2D eigenvalue weighted by Crippen LogP contribution is 2.32. The van der Waals surface area contributed by atoms with Gasteiger partial charge in [-0.15, -0.1) is 0 Å². The first-order valence-electron chi connectivity index (χ1n) is 8.60. The molecule has 1 aliphatic carbocycles. The molecule has 0 spiro atoms. The van der Waals surface area contributed by atoms with Gasteiger partial charge in [0.2, 0.25) is 5.95 Å². The topological polar surface area (TPSA) is 70.1 Å². The summed E-state index contributed by atoms with van der Waals surface area (Å²) in [6.45, 7) is 3.72. The lowest BCUT2D eigenvalue weighted by Crippen LogP contribution is -2.11. The molecular weight excluding hydrogens is 300 g/mol. The maximum Gasteiger partial charge on any atom is 0.252 e. The number of benzene rings is 1. The van der Waals surface area contributed by atoms with Crippen LogP contribution >= 0.6 is 0 Å². The summed E-state index contributed by atoms with van der Waals surface area (Å²) >= 11 is 0. The van der Waals surface area contributed by atoms with E-state index in [4.69, 9.17) is 0 Å². The second kappa shape index (κ2) is 7.43. The third kappa shape index (κ3) is 4.10. The second-order valence-corrected chi connectivity index (χ2v) is 6.50. The molecule has 24 heavy (non-hydrogen) atoms. The number of H-pyrrole nitrogens is 1. The number of nitrogens with one attached hydrogen (secondary N) is 2. The molecule has 2 aromatic rings. The standard InChI is InChI=1S/C19H24N4O/c1-13-12-18(24)21-19(20-13)23-22-14(2)15-8-10-17(11-9-15)16-6-4-3-5-7-16/h8-12,16H,3-7H2,1-2H3,(H2,20,21,23,24). The van der Waals surface area contributed by atoms with E-state index < -0.39 is 0 Å². The minimum Gasteiger partial charge on any atom is -0.291 e. The second-order valence-electron chi connectivity index (χ2n) is 6.50. The summed E-state index contributed by atoms with van der Waals surface area (Å²) in [4.78, 5) is 18.3. The van der Waals surface area contributed by atoms with Gasteiger partial charge in [0.15, 0.2) is 0 Å². The number of aromatic nitrogens is 2. The van der Waals surface area contributed by atoms with Gasteiger partial charge in [0, 0.05) is 11.8 Å². The molecule has 0 atom stereocenters. The van der Waals surface area contributed by atoms with Crippen molar-refractivity contribution in [2.24, 2.45) is 5.10 Å². The van der Waals surface area contributed by atoms with Crippen LogP contribution in [0.4, 0.5) is 5.95 Å². The smallest absolute Gasteiger partial charge is 0.252 e. The maximum atomic E-state index is 11.4. The Balaban J connectivity index is 1.69. The monoisotopic (exact) mass is 324 g/mol. The van der Waals surface area contributed by atoms with E-state index in [2.05, 4.69) is 44.8 Å². The Bertz CT molecular complexity index is 771. The molecule has 1 aliphatic rings. The van der Waals surface area contributed by atoms with Crippen molar-refractivity contribution in [1.82, 2.24) is 9.97 Å². The molecule has 5 heteroatoms. The van der Waals surface area contributed by atoms with Crippen LogP contribution in [0.2, 0.25) is 0 Å². The Hall–Kier alpha value is -2.43. The van der Waals surface area contributed by atoms with Gasteiger partial charge in [0.25, 0.3) is 5.56 Å². The summed E-state index contributed by atoms with van der Waals surface area (Å²) in [6, 6.07) is 10.1. The average Bonchev–Trinajstić information content (AvgIpc) is 2.60. The van der Waals surface area contributed by atoms with Gasteiger partial charge in [-0.2, -0.15) is 5.10 Å². The van der Waals surface area contributed by atoms with Crippen LogP contribution in [0.1, 0.15) is 61.8 Å². The third-order valence-electron chi connectivity index (χ3n) is 4.60. The average molecular weight is 324 g/mol. The molecule has 126 valence electrons. The normalized spacial score (nSPS) is 16.2. The zero-order valence-electron chi connectivity index (χ0n) is 14.3. The number of rotatable bonds is 4. The van der Waals surface area contributed by atoms with E-state index in [1.807, 2.05) is 6.92 Å². The predicted octanol–water partition coefficient (Wildman–Crippen LogP) is 3.96. The predicted molar refractivity (Wildman–Crippen MR) is 97.7 cm³/mol. The van der Waals surface area contributed by atoms with Crippen molar-refractivity contribution in [3.8, 4) is 0 Å². The SMILES string of the molecule is CC(=NNc1nc(C)cc(=O)[nH]1)c1ccc(C2CCCCC2)cc1.